The van der Waals surface area contributed by atoms with Gasteiger partial charge in [-0.2, -0.15) is 0 Å². The summed E-state index contributed by atoms with van der Waals surface area (Å²) < 4.78 is 18.4. The van der Waals surface area contributed by atoms with Crippen LogP contribution in [-0.2, 0) is 34.0 Å². The van der Waals surface area contributed by atoms with Crippen molar-refractivity contribution in [3.63, 3.8) is 0 Å². The van der Waals surface area contributed by atoms with Crippen molar-refractivity contribution >= 4 is 11.8 Å². The molecule has 0 aliphatic heterocycles. The minimum Gasteiger partial charge on any atom is -0.388 e. The first-order chi connectivity index (χ1) is 19.6. The van der Waals surface area contributed by atoms with Gasteiger partial charge >= 0.3 is 0 Å². The van der Waals surface area contributed by atoms with Crippen molar-refractivity contribution in [2.75, 3.05) is 6.61 Å². The van der Waals surface area contributed by atoms with E-state index in [1.807, 2.05) is 91.0 Å². The maximum absolute atomic E-state index is 11.3. The Hall–Kier alpha value is -4.14. The van der Waals surface area contributed by atoms with Gasteiger partial charge in [-0.15, -0.1) is 0 Å². The number of aliphatic hydroxyl groups excluding tert-OH is 1. The molecule has 0 aromatic heterocycles. The molecule has 0 aliphatic carbocycles. The van der Waals surface area contributed by atoms with Crippen LogP contribution in [0.15, 0.2) is 121 Å². The lowest BCUT2D eigenvalue weighted by Gasteiger charge is -2.29. The number of hydrogen-bond acceptors (Lipinski definition) is 6. The van der Waals surface area contributed by atoms with Crippen molar-refractivity contribution in [2.24, 2.45) is 0 Å². The lowest BCUT2D eigenvalue weighted by atomic mass is 10.1. The minimum atomic E-state index is -1.01. The number of aliphatic hydroxyl groups is 1. The summed E-state index contributed by atoms with van der Waals surface area (Å²) in [6.07, 6.45) is 1.05. The van der Waals surface area contributed by atoms with Gasteiger partial charge in [-0.3, -0.25) is 10.1 Å². The van der Waals surface area contributed by atoms with Gasteiger partial charge in [0.15, 0.2) is 0 Å². The number of ether oxygens (including phenoxy) is 3. The van der Waals surface area contributed by atoms with Gasteiger partial charge in [0.1, 0.15) is 18.3 Å². The van der Waals surface area contributed by atoms with E-state index in [-0.39, 0.29) is 25.5 Å². The lowest BCUT2D eigenvalue weighted by molar-refractivity contribution is -0.384. The molecule has 0 aliphatic rings. The Morgan fingerprint density at radius 1 is 0.725 bits per heavy atom. The zero-order valence-corrected chi connectivity index (χ0v) is 22.1. The van der Waals surface area contributed by atoms with Gasteiger partial charge in [-0.1, -0.05) is 115 Å². The highest BCUT2D eigenvalue weighted by atomic mass is 16.6. The first-order valence-corrected chi connectivity index (χ1v) is 13.1. The first-order valence-electron chi connectivity index (χ1n) is 13.1. The Morgan fingerprint density at radius 3 is 1.85 bits per heavy atom. The summed E-state index contributed by atoms with van der Waals surface area (Å²) in [7, 11) is 0. The second-order valence-electron chi connectivity index (χ2n) is 9.30. The van der Waals surface area contributed by atoms with Gasteiger partial charge in [0, 0.05) is 12.1 Å². The van der Waals surface area contributed by atoms with E-state index in [0.29, 0.717) is 12.2 Å². The van der Waals surface area contributed by atoms with Crippen LogP contribution in [0, 0.1) is 10.1 Å². The predicted molar refractivity (Wildman–Crippen MR) is 154 cm³/mol. The molecule has 7 nitrogen and oxygen atoms in total. The number of nitro benzene ring substituents is 1. The number of nitrogens with zero attached hydrogens (tertiary/aromatic N) is 1. The highest BCUT2D eigenvalue weighted by Crippen LogP contribution is 2.20. The molecule has 0 saturated heterocycles. The van der Waals surface area contributed by atoms with E-state index >= 15 is 0 Å². The highest BCUT2D eigenvalue weighted by molar-refractivity contribution is 5.54. The number of benzene rings is 4. The van der Waals surface area contributed by atoms with E-state index in [4.69, 9.17) is 14.2 Å². The van der Waals surface area contributed by atoms with Crippen molar-refractivity contribution < 1.29 is 24.2 Å². The average Bonchev–Trinajstić information content (AvgIpc) is 3.00. The van der Waals surface area contributed by atoms with Crippen LogP contribution in [0.4, 0.5) is 5.69 Å². The summed E-state index contributed by atoms with van der Waals surface area (Å²) in [5.74, 6) is 0. The predicted octanol–water partition coefficient (Wildman–Crippen LogP) is 6.36. The van der Waals surface area contributed by atoms with Crippen molar-refractivity contribution in [3.05, 3.63) is 154 Å². The van der Waals surface area contributed by atoms with E-state index in [0.717, 1.165) is 16.7 Å². The summed E-state index contributed by atoms with van der Waals surface area (Å²) in [6.45, 7) is 0.928. The van der Waals surface area contributed by atoms with Crippen LogP contribution in [0.2, 0.25) is 0 Å². The molecule has 1 N–H and O–H groups in total. The maximum Gasteiger partial charge on any atom is 0.270 e. The largest absolute Gasteiger partial charge is 0.388 e. The van der Waals surface area contributed by atoms with Gasteiger partial charge in [-0.25, -0.2) is 0 Å². The molecule has 206 valence electrons. The molecule has 0 saturated carbocycles. The summed E-state index contributed by atoms with van der Waals surface area (Å²) in [6, 6.07) is 35.5. The van der Waals surface area contributed by atoms with Crippen LogP contribution in [0.25, 0.3) is 6.08 Å². The molecular formula is C33H33NO6. The fourth-order valence-corrected chi connectivity index (χ4v) is 4.13. The number of hydrogen-bond donors (Lipinski definition) is 1. The van der Waals surface area contributed by atoms with Crippen LogP contribution >= 0.6 is 0 Å². The lowest BCUT2D eigenvalue weighted by Crippen LogP contribution is -2.42. The average molecular weight is 540 g/mol. The second kappa shape index (κ2) is 15.5. The first kappa shape index (κ1) is 28.9. The van der Waals surface area contributed by atoms with E-state index in [2.05, 4.69) is 0 Å². The Labute approximate surface area is 234 Å². The molecule has 40 heavy (non-hydrogen) atoms. The van der Waals surface area contributed by atoms with Gasteiger partial charge in [-0.05, 0) is 22.3 Å². The van der Waals surface area contributed by atoms with Crippen LogP contribution in [0.5, 0.6) is 0 Å². The Bertz CT molecular complexity index is 1330. The van der Waals surface area contributed by atoms with Gasteiger partial charge in [0.2, 0.25) is 0 Å². The second-order valence-corrected chi connectivity index (χ2v) is 9.30. The molecule has 4 aromatic rings. The van der Waals surface area contributed by atoms with Crippen molar-refractivity contribution in [1.29, 1.82) is 0 Å². The molecule has 0 amide bonds. The summed E-state index contributed by atoms with van der Waals surface area (Å²) in [5.41, 5.74) is 3.55. The van der Waals surface area contributed by atoms with Crippen molar-refractivity contribution in [3.8, 4) is 0 Å². The third-order valence-corrected chi connectivity index (χ3v) is 6.23. The zero-order valence-electron chi connectivity index (χ0n) is 22.1. The van der Waals surface area contributed by atoms with E-state index in [1.165, 1.54) is 12.1 Å². The molecule has 0 heterocycles. The smallest absolute Gasteiger partial charge is 0.270 e. The molecular weight excluding hydrogens is 506 g/mol. The SMILES string of the molecule is O=[N+]([O-])c1cccc(/C=C/[C@@H](OCc2ccccc2)[C@H](OCc2ccccc2)[C@H](O)COCc2ccccc2)c1. The van der Waals surface area contributed by atoms with Gasteiger partial charge in [0.25, 0.3) is 5.69 Å². The molecule has 0 radical (unpaired) electrons. The standard InChI is InChI=1S/C33H33NO6/c35-31(25-38-22-27-11-4-1-5-12-27)33(40-24-29-15-8-3-9-16-29)32(39-23-28-13-6-2-7-14-28)20-19-26-17-10-18-30(21-26)34(36)37/h1-21,31-33,35H,22-25H2/b20-19+/t31-,32-,33-/m1/s1. The quantitative estimate of drug-likeness (QED) is 0.140. The number of rotatable bonds is 15. The molecule has 0 fully saturated rings. The van der Waals surface area contributed by atoms with Crippen LogP contribution < -0.4 is 0 Å². The van der Waals surface area contributed by atoms with Gasteiger partial charge < -0.3 is 19.3 Å². The molecule has 4 aromatic carbocycles. The minimum absolute atomic E-state index is 0.00451. The molecule has 0 spiro atoms. The number of non-ortho nitro benzene ring substituents is 1. The van der Waals surface area contributed by atoms with Gasteiger partial charge in [0.05, 0.1) is 31.4 Å². The summed E-state index contributed by atoms with van der Waals surface area (Å²) in [5, 5.41) is 22.6. The molecule has 0 bridgehead atoms. The van der Waals surface area contributed by atoms with E-state index in [9.17, 15) is 15.2 Å². The summed E-state index contributed by atoms with van der Waals surface area (Å²) in [4.78, 5) is 10.8. The topological polar surface area (TPSA) is 91.1 Å². The fourth-order valence-electron chi connectivity index (χ4n) is 4.13. The Morgan fingerprint density at radius 2 is 1.27 bits per heavy atom. The number of nitro groups is 1. The third kappa shape index (κ3) is 9.25. The zero-order chi connectivity index (χ0) is 28.0. The van der Waals surface area contributed by atoms with Crippen molar-refractivity contribution in [2.45, 2.75) is 38.1 Å². The van der Waals surface area contributed by atoms with E-state index in [1.54, 1.807) is 24.3 Å². The van der Waals surface area contributed by atoms with Crippen LogP contribution in [-0.4, -0.2) is 34.9 Å². The Kier molecular flexibility index (Phi) is 11.1. The van der Waals surface area contributed by atoms with E-state index < -0.39 is 23.2 Å². The normalized spacial score (nSPS) is 13.6. The highest BCUT2D eigenvalue weighted by Gasteiger charge is 2.29. The van der Waals surface area contributed by atoms with Crippen LogP contribution in [0.1, 0.15) is 22.3 Å². The summed E-state index contributed by atoms with van der Waals surface area (Å²) >= 11 is 0. The molecule has 0 unspecified atom stereocenters. The molecule has 4 rings (SSSR count). The monoisotopic (exact) mass is 539 g/mol. The fraction of sp³-hybridized carbons (Fsp3) is 0.212. The third-order valence-electron chi connectivity index (χ3n) is 6.23. The molecule has 3 atom stereocenters. The maximum atomic E-state index is 11.3. The van der Waals surface area contributed by atoms with Crippen LogP contribution in [0.3, 0.4) is 0 Å². The van der Waals surface area contributed by atoms with Crippen molar-refractivity contribution in [1.82, 2.24) is 0 Å². The Balaban J connectivity index is 1.55. The molecule has 7 heteroatoms.